The van der Waals surface area contributed by atoms with Crippen LogP contribution in [0.15, 0.2) is 30.3 Å². The van der Waals surface area contributed by atoms with Gasteiger partial charge in [0.15, 0.2) is 0 Å². The molecule has 0 radical (unpaired) electrons. The molecule has 3 heterocycles. The highest BCUT2D eigenvalue weighted by Gasteiger charge is 2.58. The van der Waals surface area contributed by atoms with Crippen molar-refractivity contribution in [3.05, 3.63) is 35.9 Å². The standard InChI is InChI=1S/C21H29N3O3S/c1-27-13-12-23-19(25)21(8-10-22(11-9-21)18-7-14-28-16-18)24(20(23)26)15-17-5-3-2-4-6-17/h2-6,18H,7-16H2,1H3/t18-/m1/s1. The number of piperidine rings is 1. The Morgan fingerprint density at radius 3 is 2.57 bits per heavy atom. The van der Waals surface area contributed by atoms with Crippen molar-refractivity contribution in [2.75, 3.05) is 44.9 Å². The predicted molar refractivity (Wildman–Crippen MR) is 110 cm³/mol. The van der Waals surface area contributed by atoms with Crippen LogP contribution in [0.2, 0.25) is 0 Å². The average Bonchev–Trinajstić information content (AvgIpc) is 3.32. The van der Waals surface area contributed by atoms with E-state index in [1.165, 1.54) is 22.8 Å². The fraction of sp³-hybridized carbons (Fsp3) is 0.619. The van der Waals surface area contributed by atoms with Crippen molar-refractivity contribution < 1.29 is 14.3 Å². The molecule has 4 rings (SSSR count). The average molecular weight is 404 g/mol. The minimum Gasteiger partial charge on any atom is -0.383 e. The zero-order chi connectivity index (χ0) is 19.6. The Kier molecular flexibility index (Phi) is 5.94. The van der Waals surface area contributed by atoms with E-state index in [4.69, 9.17) is 4.74 Å². The van der Waals surface area contributed by atoms with Gasteiger partial charge in [0, 0.05) is 38.5 Å². The number of benzene rings is 1. The van der Waals surface area contributed by atoms with Crippen LogP contribution in [0.1, 0.15) is 24.8 Å². The minimum absolute atomic E-state index is 0.0362. The zero-order valence-corrected chi connectivity index (χ0v) is 17.3. The highest BCUT2D eigenvalue weighted by molar-refractivity contribution is 7.99. The number of likely N-dealkylation sites (tertiary alicyclic amines) is 1. The van der Waals surface area contributed by atoms with Crippen molar-refractivity contribution in [2.45, 2.75) is 37.4 Å². The van der Waals surface area contributed by atoms with Crippen molar-refractivity contribution in [1.82, 2.24) is 14.7 Å². The molecular weight excluding hydrogens is 374 g/mol. The van der Waals surface area contributed by atoms with E-state index in [9.17, 15) is 9.59 Å². The molecule has 7 heteroatoms. The number of methoxy groups -OCH3 is 1. The highest BCUT2D eigenvalue weighted by atomic mass is 32.2. The van der Waals surface area contributed by atoms with Crippen LogP contribution in [-0.2, 0) is 16.1 Å². The van der Waals surface area contributed by atoms with Crippen LogP contribution in [0.4, 0.5) is 4.79 Å². The van der Waals surface area contributed by atoms with Crippen LogP contribution in [0.25, 0.3) is 0 Å². The summed E-state index contributed by atoms with van der Waals surface area (Å²) in [4.78, 5) is 32.4. The van der Waals surface area contributed by atoms with E-state index >= 15 is 0 Å². The number of rotatable bonds is 6. The number of thioether (sulfide) groups is 1. The molecule has 3 aliphatic heterocycles. The van der Waals surface area contributed by atoms with Gasteiger partial charge < -0.3 is 9.64 Å². The predicted octanol–water partition coefficient (Wildman–Crippen LogP) is 2.44. The maximum atomic E-state index is 13.4. The lowest BCUT2D eigenvalue weighted by Crippen LogP contribution is -2.57. The maximum absolute atomic E-state index is 13.4. The van der Waals surface area contributed by atoms with E-state index in [-0.39, 0.29) is 11.9 Å². The van der Waals surface area contributed by atoms with Gasteiger partial charge in [0.25, 0.3) is 5.91 Å². The van der Waals surface area contributed by atoms with E-state index < -0.39 is 5.54 Å². The Hall–Kier alpha value is -1.57. The van der Waals surface area contributed by atoms with Crippen LogP contribution in [-0.4, -0.2) is 83.1 Å². The first-order valence-electron chi connectivity index (χ1n) is 10.1. The van der Waals surface area contributed by atoms with Gasteiger partial charge in [-0.3, -0.25) is 14.6 Å². The number of nitrogens with zero attached hydrogens (tertiary/aromatic N) is 3. The molecule has 0 aromatic heterocycles. The summed E-state index contributed by atoms with van der Waals surface area (Å²) < 4.78 is 5.14. The Labute approximate surface area is 171 Å². The molecule has 1 spiro atoms. The van der Waals surface area contributed by atoms with Gasteiger partial charge in [-0.2, -0.15) is 11.8 Å². The van der Waals surface area contributed by atoms with E-state index in [1.807, 2.05) is 47.0 Å². The van der Waals surface area contributed by atoms with E-state index in [2.05, 4.69) is 4.90 Å². The first-order chi connectivity index (χ1) is 13.7. The molecule has 0 aliphatic carbocycles. The second-order valence-corrected chi connectivity index (χ2v) is 9.04. The lowest BCUT2D eigenvalue weighted by atomic mass is 9.85. The Morgan fingerprint density at radius 1 is 1.18 bits per heavy atom. The van der Waals surface area contributed by atoms with Gasteiger partial charge in [-0.15, -0.1) is 0 Å². The van der Waals surface area contributed by atoms with Crippen molar-refractivity contribution in [2.24, 2.45) is 0 Å². The molecule has 3 amide bonds. The lowest BCUT2D eigenvalue weighted by molar-refractivity contribution is -0.136. The number of imide groups is 1. The van der Waals surface area contributed by atoms with Gasteiger partial charge >= 0.3 is 6.03 Å². The van der Waals surface area contributed by atoms with Crippen LogP contribution in [0.3, 0.4) is 0 Å². The van der Waals surface area contributed by atoms with Crippen LogP contribution in [0.5, 0.6) is 0 Å². The molecule has 6 nitrogen and oxygen atoms in total. The monoisotopic (exact) mass is 403 g/mol. The summed E-state index contributed by atoms with van der Waals surface area (Å²) in [5.41, 5.74) is 0.356. The molecule has 1 aromatic rings. The SMILES string of the molecule is COCCN1C(=O)N(Cc2ccccc2)C2(CCN([C@@H]3CCSC3)CC2)C1=O. The summed E-state index contributed by atoms with van der Waals surface area (Å²) in [5, 5.41) is 0. The smallest absolute Gasteiger partial charge is 0.328 e. The third-order valence-corrected chi connectivity index (χ3v) is 7.52. The van der Waals surface area contributed by atoms with Crippen LogP contribution in [0, 0.1) is 0 Å². The van der Waals surface area contributed by atoms with Crippen LogP contribution < -0.4 is 0 Å². The van der Waals surface area contributed by atoms with Gasteiger partial charge in [0.05, 0.1) is 13.2 Å². The minimum atomic E-state index is -0.705. The number of urea groups is 1. The Morgan fingerprint density at radius 2 is 1.93 bits per heavy atom. The quantitative estimate of drug-likeness (QED) is 0.683. The number of carbonyl (C=O) groups excluding carboxylic acids is 2. The summed E-state index contributed by atoms with van der Waals surface area (Å²) >= 11 is 2.02. The molecule has 3 aliphatic rings. The molecule has 152 valence electrons. The van der Waals surface area contributed by atoms with E-state index in [0.29, 0.717) is 25.7 Å². The summed E-state index contributed by atoms with van der Waals surface area (Å²) in [7, 11) is 1.60. The van der Waals surface area contributed by atoms with Crippen molar-refractivity contribution in [3.63, 3.8) is 0 Å². The maximum Gasteiger partial charge on any atom is 0.328 e. The first-order valence-corrected chi connectivity index (χ1v) is 11.3. The Balaban J connectivity index is 1.56. The number of hydrogen-bond acceptors (Lipinski definition) is 5. The third kappa shape index (κ3) is 3.55. The zero-order valence-electron chi connectivity index (χ0n) is 16.5. The molecule has 1 aromatic carbocycles. The van der Waals surface area contributed by atoms with Crippen molar-refractivity contribution in [1.29, 1.82) is 0 Å². The summed E-state index contributed by atoms with van der Waals surface area (Å²) in [6.07, 6.45) is 2.67. The molecule has 1 atom stereocenters. The third-order valence-electron chi connectivity index (χ3n) is 6.37. The van der Waals surface area contributed by atoms with Crippen LogP contribution >= 0.6 is 11.8 Å². The number of amides is 3. The van der Waals surface area contributed by atoms with Gasteiger partial charge in [-0.25, -0.2) is 4.79 Å². The molecule has 0 N–H and O–H groups in total. The van der Waals surface area contributed by atoms with E-state index in [0.717, 1.165) is 31.5 Å². The first kappa shape index (κ1) is 19.7. The van der Waals surface area contributed by atoms with Gasteiger partial charge in [0.1, 0.15) is 5.54 Å². The second kappa shape index (κ2) is 8.43. The number of ether oxygens (including phenoxy) is 1. The normalized spacial score (nSPS) is 25.2. The highest BCUT2D eigenvalue weighted by Crippen LogP contribution is 2.39. The fourth-order valence-corrected chi connectivity index (χ4v) is 5.95. The number of carbonyl (C=O) groups is 2. The molecule has 0 bridgehead atoms. The molecule has 3 fully saturated rings. The summed E-state index contributed by atoms with van der Waals surface area (Å²) in [6.45, 7) is 2.94. The fourth-order valence-electron chi connectivity index (χ4n) is 4.70. The summed E-state index contributed by atoms with van der Waals surface area (Å²) in [5.74, 6) is 2.38. The second-order valence-electron chi connectivity index (χ2n) is 7.89. The molecule has 0 unspecified atom stereocenters. The molecule has 0 saturated carbocycles. The number of hydrogen-bond donors (Lipinski definition) is 0. The largest absolute Gasteiger partial charge is 0.383 e. The topological polar surface area (TPSA) is 53.1 Å². The molecular formula is C21H29N3O3S. The lowest BCUT2D eigenvalue weighted by Gasteiger charge is -2.44. The van der Waals surface area contributed by atoms with Crippen molar-refractivity contribution >= 4 is 23.7 Å². The van der Waals surface area contributed by atoms with Gasteiger partial charge in [-0.05, 0) is 30.6 Å². The van der Waals surface area contributed by atoms with Crippen molar-refractivity contribution in [3.8, 4) is 0 Å². The van der Waals surface area contributed by atoms with Gasteiger partial charge in [0.2, 0.25) is 0 Å². The Bertz CT molecular complexity index is 700. The summed E-state index contributed by atoms with van der Waals surface area (Å²) in [6, 6.07) is 10.4. The molecule has 3 saturated heterocycles. The molecule has 28 heavy (non-hydrogen) atoms. The van der Waals surface area contributed by atoms with E-state index in [1.54, 1.807) is 7.11 Å². The van der Waals surface area contributed by atoms with Gasteiger partial charge in [-0.1, -0.05) is 30.3 Å².